The molecule has 2 aromatic rings. The largest absolute Gasteiger partial charge is 0.379 e. The van der Waals surface area contributed by atoms with Crippen LogP contribution in [0, 0.1) is 6.92 Å². The number of rotatable bonds is 4. The zero-order chi connectivity index (χ0) is 23.4. The molecule has 0 aliphatic carbocycles. The Morgan fingerprint density at radius 2 is 1.52 bits per heavy atom. The minimum atomic E-state index is -3.85. The molecule has 3 heterocycles. The molecule has 0 amide bonds. The summed E-state index contributed by atoms with van der Waals surface area (Å²) in [5, 5.41) is 0. The molecule has 2 saturated heterocycles. The fraction of sp³-hybridized carbons (Fsp3) is 0.478. The van der Waals surface area contributed by atoms with Crippen molar-refractivity contribution >= 4 is 25.7 Å². The molecule has 0 bridgehead atoms. The lowest BCUT2D eigenvalue weighted by Gasteiger charge is -2.36. The van der Waals surface area contributed by atoms with Crippen LogP contribution in [-0.2, 0) is 24.8 Å². The average molecular weight is 492 g/mol. The Morgan fingerprint density at radius 3 is 2.18 bits per heavy atom. The van der Waals surface area contributed by atoms with Gasteiger partial charge in [0.15, 0.2) is 0 Å². The van der Waals surface area contributed by atoms with Gasteiger partial charge < -0.3 is 9.64 Å². The van der Waals surface area contributed by atoms with Crippen LogP contribution < -0.4 is 4.31 Å². The van der Waals surface area contributed by atoms with Crippen LogP contribution >= 0.6 is 0 Å². The Hall–Kier alpha value is -1.98. The van der Waals surface area contributed by atoms with E-state index in [1.807, 2.05) is 19.1 Å². The van der Waals surface area contributed by atoms with Crippen LogP contribution in [0.4, 0.5) is 5.69 Å². The van der Waals surface area contributed by atoms with Crippen molar-refractivity contribution in [3.05, 3.63) is 53.6 Å². The summed E-state index contributed by atoms with van der Waals surface area (Å²) in [6.07, 6.45) is 0.748. The molecule has 3 aliphatic rings. The number of fused-ring (bicyclic) bond motifs is 3. The summed E-state index contributed by atoms with van der Waals surface area (Å²) in [6, 6.07) is 11.4. The van der Waals surface area contributed by atoms with E-state index in [4.69, 9.17) is 4.74 Å². The van der Waals surface area contributed by atoms with Gasteiger partial charge in [0.05, 0.1) is 34.7 Å². The SMILES string of the molecule is Cc1ccc2c(c1)[C@@H]1CN(C)CC[C@H]1N2S(=O)(=O)c1ccc(S(=O)(=O)N2CCOCC2)cc1. The van der Waals surface area contributed by atoms with Crippen molar-refractivity contribution in [1.82, 2.24) is 9.21 Å². The molecule has 2 fully saturated rings. The summed E-state index contributed by atoms with van der Waals surface area (Å²) >= 11 is 0. The van der Waals surface area contributed by atoms with Gasteiger partial charge in [-0.3, -0.25) is 4.31 Å². The van der Waals surface area contributed by atoms with Gasteiger partial charge in [-0.25, -0.2) is 16.8 Å². The molecule has 178 valence electrons. The Bertz CT molecular complexity index is 1260. The van der Waals surface area contributed by atoms with Gasteiger partial charge in [0.25, 0.3) is 10.0 Å². The lowest BCUT2D eigenvalue weighted by atomic mass is 9.89. The van der Waals surface area contributed by atoms with Crippen molar-refractivity contribution in [2.45, 2.75) is 35.1 Å². The predicted molar refractivity (Wildman–Crippen MR) is 126 cm³/mol. The van der Waals surface area contributed by atoms with E-state index in [0.29, 0.717) is 26.3 Å². The van der Waals surface area contributed by atoms with E-state index in [2.05, 4.69) is 18.0 Å². The van der Waals surface area contributed by atoms with Gasteiger partial charge in [-0.05, 0) is 62.8 Å². The first-order valence-electron chi connectivity index (χ1n) is 11.2. The predicted octanol–water partition coefficient (Wildman–Crippen LogP) is 2.01. The van der Waals surface area contributed by atoms with Gasteiger partial charge in [0.2, 0.25) is 10.0 Å². The molecule has 0 spiro atoms. The highest BCUT2D eigenvalue weighted by Gasteiger charge is 2.46. The highest BCUT2D eigenvalue weighted by Crippen LogP contribution is 2.47. The van der Waals surface area contributed by atoms with Crippen LogP contribution in [0.2, 0.25) is 0 Å². The molecule has 8 nitrogen and oxygen atoms in total. The molecule has 2 aromatic carbocycles. The molecule has 0 saturated carbocycles. The first-order chi connectivity index (χ1) is 15.7. The van der Waals surface area contributed by atoms with Crippen LogP contribution in [0.15, 0.2) is 52.3 Å². The maximum absolute atomic E-state index is 13.8. The molecule has 5 rings (SSSR count). The number of sulfonamides is 2. The Balaban J connectivity index is 1.50. The number of ether oxygens (including phenoxy) is 1. The van der Waals surface area contributed by atoms with Crippen molar-refractivity contribution in [1.29, 1.82) is 0 Å². The van der Waals surface area contributed by atoms with Crippen LogP contribution in [0.25, 0.3) is 0 Å². The maximum Gasteiger partial charge on any atom is 0.264 e. The average Bonchev–Trinajstić information content (AvgIpc) is 3.13. The molecule has 0 unspecified atom stereocenters. The van der Waals surface area contributed by atoms with E-state index >= 15 is 0 Å². The van der Waals surface area contributed by atoms with Gasteiger partial charge in [-0.15, -0.1) is 0 Å². The second kappa shape index (κ2) is 8.35. The topological polar surface area (TPSA) is 87.2 Å². The first kappa shape index (κ1) is 22.8. The molecule has 3 aliphatic heterocycles. The third kappa shape index (κ3) is 3.87. The molecule has 33 heavy (non-hydrogen) atoms. The summed E-state index contributed by atoms with van der Waals surface area (Å²) in [5.41, 5.74) is 2.91. The quantitative estimate of drug-likeness (QED) is 0.650. The summed E-state index contributed by atoms with van der Waals surface area (Å²) in [5.74, 6) is 0.120. The zero-order valence-electron chi connectivity index (χ0n) is 18.8. The number of anilines is 1. The molecular weight excluding hydrogens is 462 g/mol. The standard InChI is InChI=1S/C23H29N3O5S2/c1-17-3-8-22-20(15-17)21-16-24(2)10-9-23(21)26(22)33(29,30)19-6-4-18(5-7-19)32(27,28)25-11-13-31-14-12-25/h3-8,15,21,23H,9-14,16H2,1-2H3/t21-,23+/m0/s1. The number of morpholine rings is 1. The summed E-state index contributed by atoms with van der Waals surface area (Å²) < 4.78 is 61.7. The summed E-state index contributed by atoms with van der Waals surface area (Å²) in [4.78, 5) is 2.45. The normalized spacial score (nSPS) is 24.5. The van der Waals surface area contributed by atoms with Crippen LogP contribution in [0.1, 0.15) is 23.5 Å². The molecule has 2 atom stereocenters. The number of aryl methyl sites for hydroxylation is 1. The Labute approximate surface area is 195 Å². The summed E-state index contributed by atoms with van der Waals surface area (Å²) in [6.45, 7) is 4.97. The second-order valence-electron chi connectivity index (χ2n) is 9.08. The number of likely N-dealkylation sites (N-methyl/N-ethyl adjacent to an activating group) is 1. The third-order valence-electron chi connectivity index (χ3n) is 6.89. The van der Waals surface area contributed by atoms with E-state index in [0.717, 1.165) is 36.3 Å². The number of nitrogens with zero attached hydrogens (tertiary/aromatic N) is 3. The molecular formula is C23H29N3O5S2. The van der Waals surface area contributed by atoms with E-state index in [9.17, 15) is 16.8 Å². The number of hydrogen-bond acceptors (Lipinski definition) is 6. The minimum Gasteiger partial charge on any atom is -0.379 e. The fourth-order valence-corrected chi connectivity index (χ4v) is 8.33. The van der Waals surface area contributed by atoms with Gasteiger partial charge >= 0.3 is 0 Å². The second-order valence-corrected chi connectivity index (χ2v) is 12.8. The van der Waals surface area contributed by atoms with E-state index < -0.39 is 20.0 Å². The van der Waals surface area contributed by atoms with Crippen LogP contribution in [0.5, 0.6) is 0 Å². The highest BCUT2D eigenvalue weighted by molar-refractivity contribution is 7.93. The van der Waals surface area contributed by atoms with Gasteiger partial charge in [0, 0.05) is 25.6 Å². The van der Waals surface area contributed by atoms with Gasteiger partial charge in [-0.2, -0.15) is 4.31 Å². The number of piperidine rings is 1. The maximum atomic E-state index is 13.8. The molecule has 0 N–H and O–H groups in total. The molecule has 10 heteroatoms. The molecule has 0 radical (unpaired) electrons. The minimum absolute atomic E-state index is 0.0953. The van der Waals surface area contributed by atoms with Crippen LogP contribution in [0.3, 0.4) is 0 Å². The van der Waals surface area contributed by atoms with Gasteiger partial charge in [0.1, 0.15) is 0 Å². The zero-order valence-corrected chi connectivity index (χ0v) is 20.5. The Kier molecular flexibility index (Phi) is 5.77. The highest BCUT2D eigenvalue weighted by atomic mass is 32.2. The van der Waals surface area contributed by atoms with Crippen molar-refractivity contribution in [3.63, 3.8) is 0 Å². The fourth-order valence-electron chi connectivity index (χ4n) is 5.18. The Morgan fingerprint density at radius 1 is 0.879 bits per heavy atom. The summed E-state index contributed by atoms with van der Waals surface area (Å²) in [7, 11) is -5.47. The first-order valence-corrected chi connectivity index (χ1v) is 14.1. The smallest absolute Gasteiger partial charge is 0.264 e. The van der Waals surface area contributed by atoms with Crippen LogP contribution in [-0.4, -0.2) is 78.5 Å². The van der Waals surface area contributed by atoms with Crippen molar-refractivity contribution in [2.75, 3.05) is 50.7 Å². The number of hydrogen-bond donors (Lipinski definition) is 0. The molecule has 0 aromatic heterocycles. The van der Waals surface area contributed by atoms with Gasteiger partial charge in [-0.1, -0.05) is 17.7 Å². The van der Waals surface area contributed by atoms with E-state index in [-0.39, 0.29) is 21.8 Å². The van der Waals surface area contributed by atoms with Crippen molar-refractivity contribution in [3.8, 4) is 0 Å². The lowest BCUT2D eigenvalue weighted by molar-refractivity contribution is 0.0730. The number of likely N-dealkylation sites (tertiary alicyclic amines) is 1. The van der Waals surface area contributed by atoms with Crippen molar-refractivity contribution in [2.24, 2.45) is 0 Å². The van der Waals surface area contributed by atoms with E-state index in [1.165, 1.54) is 28.6 Å². The lowest BCUT2D eigenvalue weighted by Crippen LogP contribution is -2.47. The van der Waals surface area contributed by atoms with Crippen molar-refractivity contribution < 1.29 is 21.6 Å². The number of benzene rings is 2. The monoisotopic (exact) mass is 491 g/mol. The third-order valence-corrected chi connectivity index (χ3v) is 10.7. The van der Waals surface area contributed by atoms with E-state index in [1.54, 1.807) is 4.31 Å².